The smallest absolute Gasteiger partial charge is 0.168 e. The van der Waals surface area contributed by atoms with Gasteiger partial charge in [-0.05, 0) is 17.7 Å². The molecule has 0 unspecified atom stereocenters. The molecule has 0 saturated heterocycles. The van der Waals surface area contributed by atoms with Crippen LogP contribution in [-0.2, 0) is 7.05 Å². The normalized spacial score (nSPS) is 11.0. The van der Waals surface area contributed by atoms with Crippen molar-refractivity contribution in [3.8, 4) is 6.07 Å². The highest BCUT2D eigenvalue weighted by atomic mass is 32.1. The molecule has 5 heteroatoms. The standard InChI is InChI=1S/C20H16N4S/c1-23-15-14-22-19(23)20(25)24(17-10-6-3-7-11-17)18(12-13-21)16-8-4-2-5-9-16/h2-12,14-15H,1H3/b18-12-. The Labute approximate surface area is 152 Å². The summed E-state index contributed by atoms with van der Waals surface area (Å²) >= 11 is 5.75. The van der Waals surface area contributed by atoms with Gasteiger partial charge >= 0.3 is 0 Å². The molecule has 4 nitrogen and oxygen atoms in total. The van der Waals surface area contributed by atoms with E-state index in [9.17, 15) is 5.26 Å². The summed E-state index contributed by atoms with van der Waals surface area (Å²) in [4.78, 5) is 6.78. The van der Waals surface area contributed by atoms with E-state index in [4.69, 9.17) is 12.2 Å². The molecule has 25 heavy (non-hydrogen) atoms. The fourth-order valence-electron chi connectivity index (χ4n) is 2.56. The summed E-state index contributed by atoms with van der Waals surface area (Å²) in [6.07, 6.45) is 5.07. The third-order valence-electron chi connectivity index (χ3n) is 3.74. The summed E-state index contributed by atoms with van der Waals surface area (Å²) in [6.45, 7) is 0. The van der Waals surface area contributed by atoms with Crippen LogP contribution in [0.1, 0.15) is 11.4 Å². The first kappa shape index (κ1) is 16.6. The third-order valence-corrected chi connectivity index (χ3v) is 4.11. The van der Waals surface area contributed by atoms with Gasteiger partial charge in [-0.25, -0.2) is 4.98 Å². The maximum atomic E-state index is 9.34. The number of imidazole rings is 1. The largest absolute Gasteiger partial charge is 0.332 e. The van der Waals surface area contributed by atoms with E-state index in [0.29, 0.717) is 16.5 Å². The average Bonchev–Trinajstić information content (AvgIpc) is 3.09. The van der Waals surface area contributed by atoms with Crippen molar-refractivity contribution in [2.75, 3.05) is 4.90 Å². The van der Waals surface area contributed by atoms with E-state index in [0.717, 1.165) is 11.3 Å². The molecule has 1 aromatic heterocycles. The molecule has 0 N–H and O–H groups in total. The van der Waals surface area contributed by atoms with Crippen LogP contribution in [-0.4, -0.2) is 14.5 Å². The van der Waals surface area contributed by atoms with Gasteiger partial charge in [-0.1, -0.05) is 60.7 Å². The summed E-state index contributed by atoms with van der Waals surface area (Å²) in [7, 11) is 1.90. The zero-order valence-electron chi connectivity index (χ0n) is 13.7. The first-order valence-electron chi connectivity index (χ1n) is 7.74. The topological polar surface area (TPSA) is 44.9 Å². The molecular weight excluding hydrogens is 328 g/mol. The highest BCUT2D eigenvalue weighted by Crippen LogP contribution is 2.28. The van der Waals surface area contributed by atoms with Gasteiger partial charge in [-0.15, -0.1) is 0 Å². The Hall–Kier alpha value is -3.23. The number of anilines is 1. The molecule has 3 aromatic rings. The molecule has 0 aliphatic heterocycles. The van der Waals surface area contributed by atoms with Gasteiger partial charge in [0.05, 0.1) is 11.8 Å². The minimum atomic E-state index is 0.532. The van der Waals surface area contributed by atoms with Crippen LogP contribution in [0, 0.1) is 11.3 Å². The SMILES string of the molecule is Cn1ccnc1C(=S)N(/C(=C\C#N)c1ccccc1)c1ccccc1. The second kappa shape index (κ2) is 7.56. The molecular formula is C20H16N4S. The zero-order valence-corrected chi connectivity index (χ0v) is 14.5. The van der Waals surface area contributed by atoms with E-state index in [2.05, 4.69) is 11.1 Å². The number of para-hydroxylation sites is 1. The van der Waals surface area contributed by atoms with E-state index in [1.165, 1.54) is 6.08 Å². The summed E-state index contributed by atoms with van der Waals surface area (Å²) in [6, 6.07) is 21.6. The third kappa shape index (κ3) is 3.49. The van der Waals surface area contributed by atoms with Crippen molar-refractivity contribution in [2.24, 2.45) is 7.05 Å². The molecule has 122 valence electrons. The molecule has 1 heterocycles. The molecule has 0 spiro atoms. The molecule has 0 atom stereocenters. The number of rotatable bonds is 4. The van der Waals surface area contributed by atoms with Crippen molar-refractivity contribution < 1.29 is 0 Å². The van der Waals surface area contributed by atoms with Crippen molar-refractivity contribution in [2.45, 2.75) is 0 Å². The number of benzene rings is 2. The number of aryl methyl sites for hydroxylation is 1. The van der Waals surface area contributed by atoms with Crippen molar-refractivity contribution in [3.63, 3.8) is 0 Å². The fraction of sp³-hybridized carbons (Fsp3) is 0.0500. The minimum absolute atomic E-state index is 0.532. The quantitative estimate of drug-likeness (QED) is 0.526. The Bertz CT molecular complexity index is 937. The first-order valence-corrected chi connectivity index (χ1v) is 8.15. The number of nitriles is 1. The van der Waals surface area contributed by atoms with Gasteiger partial charge in [0.15, 0.2) is 10.8 Å². The fourth-order valence-corrected chi connectivity index (χ4v) is 2.96. The molecule has 0 radical (unpaired) electrons. The van der Waals surface area contributed by atoms with Crippen molar-refractivity contribution in [3.05, 3.63) is 90.5 Å². The van der Waals surface area contributed by atoms with Crippen molar-refractivity contribution in [1.29, 1.82) is 5.26 Å². The molecule has 0 amide bonds. The van der Waals surface area contributed by atoms with Crippen molar-refractivity contribution >= 4 is 28.6 Å². The molecule has 0 aliphatic rings. The zero-order chi connectivity index (χ0) is 17.6. The molecule has 0 fully saturated rings. The van der Waals surface area contributed by atoms with Gasteiger partial charge < -0.3 is 4.57 Å². The number of hydrogen-bond acceptors (Lipinski definition) is 3. The number of nitrogens with zero attached hydrogens (tertiary/aromatic N) is 4. The number of allylic oxidation sites excluding steroid dienone is 1. The summed E-state index contributed by atoms with van der Waals surface area (Å²) in [5.74, 6) is 0.665. The molecule has 0 bridgehead atoms. The van der Waals surface area contributed by atoms with Crippen molar-refractivity contribution in [1.82, 2.24) is 9.55 Å². The van der Waals surface area contributed by atoms with Crippen LogP contribution in [0.2, 0.25) is 0 Å². The second-order valence-electron chi connectivity index (χ2n) is 5.36. The Morgan fingerprint density at radius 2 is 1.76 bits per heavy atom. The van der Waals surface area contributed by atoms with Crippen LogP contribution in [0.5, 0.6) is 0 Å². The Balaban J connectivity index is 2.17. The van der Waals surface area contributed by atoms with E-state index < -0.39 is 0 Å². The van der Waals surface area contributed by atoms with E-state index in [-0.39, 0.29) is 0 Å². The van der Waals surface area contributed by atoms with Crippen LogP contribution in [0.25, 0.3) is 5.70 Å². The second-order valence-corrected chi connectivity index (χ2v) is 5.75. The lowest BCUT2D eigenvalue weighted by atomic mass is 10.1. The Morgan fingerprint density at radius 3 is 2.32 bits per heavy atom. The molecule has 0 saturated carbocycles. The monoisotopic (exact) mass is 344 g/mol. The van der Waals surface area contributed by atoms with Gasteiger partial charge in [-0.2, -0.15) is 5.26 Å². The number of hydrogen-bond donors (Lipinski definition) is 0. The van der Waals surface area contributed by atoms with E-state index in [1.54, 1.807) is 6.20 Å². The molecule has 0 aliphatic carbocycles. The first-order chi connectivity index (χ1) is 12.2. The van der Waals surface area contributed by atoms with Crippen LogP contribution >= 0.6 is 12.2 Å². The summed E-state index contributed by atoms with van der Waals surface area (Å²) in [5, 5.41) is 9.34. The number of thiocarbonyl (C=S) groups is 1. The van der Waals surface area contributed by atoms with Crippen LogP contribution < -0.4 is 4.90 Å². The van der Waals surface area contributed by atoms with Gasteiger partial charge in [0, 0.05) is 31.2 Å². The van der Waals surface area contributed by atoms with E-state index in [1.807, 2.05) is 83.4 Å². The molecule has 2 aromatic carbocycles. The highest BCUT2D eigenvalue weighted by molar-refractivity contribution is 7.81. The Morgan fingerprint density at radius 1 is 1.12 bits per heavy atom. The molecule has 3 rings (SSSR count). The summed E-state index contributed by atoms with van der Waals surface area (Å²) in [5.41, 5.74) is 2.49. The lowest BCUT2D eigenvalue weighted by molar-refractivity contribution is 0.897. The van der Waals surface area contributed by atoms with Crippen LogP contribution in [0.15, 0.2) is 79.1 Å². The predicted octanol–water partition coefficient (Wildman–Crippen LogP) is 4.17. The maximum Gasteiger partial charge on any atom is 0.168 e. The highest BCUT2D eigenvalue weighted by Gasteiger charge is 2.22. The Kier molecular flexibility index (Phi) is 5.03. The van der Waals surface area contributed by atoms with Crippen LogP contribution in [0.3, 0.4) is 0 Å². The number of aromatic nitrogens is 2. The van der Waals surface area contributed by atoms with Crippen LogP contribution in [0.4, 0.5) is 5.69 Å². The van der Waals surface area contributed by atoms with E-state index >= 15 is 0 Å². The van der Waals surface area contributed by atoms with Gasteiger partial charge in [0.1, 0.15) is 0 Å². The summed E-state index contributed by atoms with van der Waals surface area (Å²) < 4.78 is 1.87. The lowest BCUT2D eigenvalue weighted by Gasteiger charge is -2.27. The van der Waals surface area contributed by atoms with Gasteiger partial charge in [0.25, 0.3) is 0 Å². The lowest BCUT2D eigenvalue weighted by Crippen LogP contribution is -2.30. The maximum absolute atomic E-state index is 9.34. The van der Waals surface area contributed by atoms with Gasteiger partial charge in [0.2, 0.25) is 0 Å². The predicted molar refractivity (Wildman–Crippen MR) is 104 cm³/mol. The average molecular weight is 344 g/mol. The van der Waals surface area contributed by atoms with Gasteiger partial charge in [-0.3, -0.25) is 4.90 Å². The minimum Gasteiger partial charge on any atom is -0.332 e.